The molecule has 1 aliphatic rings. The highest BCUT2D eigenvalue weighted by Gasteiger charge is 2.23. The molecule has 0 radical (unpaired) electrons. The van der Waals surface area contributed by atoms with Crippen molar-refractivity contribution in [1.82, 2.24) is 18.8 Å². The predicted octanol–water partition coefficient (Wildman–Crippen LogP) is 2.76. The number of amides is 1. The summed E-state index contributed by atoms with van der Waals surface area (Å²) in [5.41, 5.74) is 2.52. The van der Waals surface area contributed by atoms with Gasteiger partial charge in [-0.05, 0) is 36.4 Å². The Labute approximate surface area is 199 Å². The first-order chi connectivity index (χ1) is 15.7. The number of halogens is 1. The van der Waals surface area contributed by atoms with Crippen LogP contribution < -0.4 is 4.90 Å². The topological polar surface area (TPSA) is 78.8 Å². The van der Waals surface area contributed by atoms with Crippen molar-refractivity contribution in [3.05, 3.63) is 53.3 Å². The van der Waals surface area contributed by atoms with E-state index in [4.69, 9.17) is 11.6 Å². The van der Waals surface area contributed by atoms with Crippen LogP contribution >= 0.6 is 11.6 Å². The van der Waals surface area contributed by atoms with Gasteiger partial charge in [-0.25, -0.2) is 17.7 Å². The Morgan fingerprint density at radius 1 is 1.09 bits per heavy atom. The normalized spacial score (nSPS) is 14.9. The van der Waals surface area contributed by atoms with E-state index in [1.807, 2.05) is 40.8 Å². The van der Waals surface area contributed by atoms with Gasteiger partial charge in [0.2, 0.25) is 15.9 Å². The zero-order chi connectivity index (χ0) is 23.8. The molecular formula is C23H28ClN5O3S. The van der Waals surface area contributed by atoms with E-state index in [0.29, 0.717) is 36.5 Å². The summed E-state index contributed by atoms with van der Waals surface area (Å²) in [7, 11) is 1.37. The predicted molar refractivity (Wildman–Crippen MR) is 130 cm³/mol. The van der Waals surface area contributed by atoms with Crippen molar-refractivity contribution in [2.75, 3.05) is 45.2 Å². The average Bonchev–Trinajstić information content (AvgIpc) is 3.12. The molecule has 0 bridgehead atoms. The van der Waals surface area contributed by atoms with Crippen molar-refractivity contribution in [1.29, 1.82) is 0 Å². The number of rotatable bonds is 6. The van der Waals surface area contributed by atoms with Crippen molar-refractivity contribution in [2.24, 2.45) is 7.05 Å². The number of carbonyl (C=O) groups is 1. The van der Waals surface area contributed by atoms with Crippen LogP contribution in [-0.4, -0.2) is 73.4 Å². The van der Waals surface area contributed by atoms with Gasteiger partial charge in [-0.2, -0.15) is 0 Å². The summed E-state index contributed by atoms with van der Waals surface area (Å²) in [5, 5.41) is 0.708. The second-order valence-corrected chi connectivity index (χ2v) is 11.0. The number of piperazine rings is 1. The molecule has 4 rings (SSSR count). The Balaban J connectivity index is 1.39. The van der Waals surface area contributed by atoms with Crippen molar-refractivity contribution >= 4 is 44.3 Å². The summed E-state index contributed by atoms with van der Waals surface area (Å²) < 4.78 is 27.9. The van der Waals surface area contributed by atoms with Crippen LogP contribution in [0.15, 0.2) is 47.4 Å². The second-order valence-electron chi connectivity index (χ2n) is 8.37. The second kappa shape index (κ2) is 9.32. The van der Waals surface area contributed by atoms with Gasteiger partial charge in [0.1, 0.15) is 5.82 Å². The van der Waals surface area contributed by atoms with Gasteiger partial charge in [0.25, 0.3) is 0 Å². The largest absolute Gasteiger partial charge is 0.368 e. The first-order valence-electron chi connectivity index (χ1n) is 10.8. The van der Waals surface area contributed by atoms with Crippen molar-refractivity contribution in [3.8, 4) is 0 Å². The third-order valence-electron chi connectivity index (χ3n) is 6.09. The molecule has 176 valence electrons. The molecule has 10 heteroatoms. The highest BCUT2D eigenvalue weighted by Crippen LogP contribution is 2.23. The summed E-state index contributed by atoms with van der Waals surface area (Å²) in [6.45, 7) is 2.86. The number of benzene rings is 2. The van der Waals surface area contributed by atoms with E-state index in [1.54, 1.807) is 18.2 Å². The summed E-state index contributed by atoms with van der Waals surface area (Å²) in [6, 6.07) is 12.7. The number of fused-ring (bicyclic) bond motifs is 1. The molecule has 1 saturated heterocycles. The third kappa shape index (κ3) is 4.85. The van der Waals surface area contributed by atoms with Gasteiger partial charge in [0.05, 0.1) is 15.9 Å². The van der Waals surface area contributed by atoms with E-state index in [-0.39, 0.29) is 10.8 Å². The van der Waals surface area contributed by atoms with Crippen LogP contribution in [0.2, 0.25) is 5.02 Å². The van der Waals surface area contributed by atoms with Gasteiger partial charge in [-0.1, -0.05) is 17.7 Å². The standard InChI is InChI=1S/C23H28ClN5O3S/c1-26(2)33(31,32)19-7-8-21-20(16-19)25-22(27(21)3)9-10-23(30)29-13-11-28(12-14-29)18-6-4-5-17(24)15-18/h4-8,15-16H,9-14H2,1-3H3. The number of aryl methyl sites for hydroxylation is 2. The number of hydrogen-bond donors (Lipinski definition) is 0. The van der Waals surface area contributed by atoms with Crippen LogP contribution in [0, 0.1) is 0 Å². The van der Waals surface area contributed by atoms with Gasteiger partial charge in [-0.15, -0.1) is 0 Å². The molecule has 2 aromatic carbocycles. The van der Waals surface area contributed by atoms with Crippen LogP contribution in [-0.2, 0) is 28.3 Å². The van der Waals surface area contributed by atoms with Gasteiger partial charge in [-0.3, -0.25) is 4.79 Å². The quantitative estimate of drug-likeness (QED) is 0.532. The van der Waals surface area contributed by atoms with Crippen LogP contribution in [0.25, 0.3) is 11.0 Å². The fraction of sp³-hybridized carbons (Fsp3) is 0.391. The molecule has 0 saturated carbocycles. The fourth-order valence-electron chi connectivity index (χ4n) is 4.09. The highest BCUT2D eigenvalue weighted by atomic mass is 35.5. The number of anilines is 1. The fourth-order valence-corrected chi connectivity index (χ4v) is 5.19. The van der Waals surface area contributed by atoms with Crippen LogP contribution in [0.3, 0.4) is 0 Å². The smallest absolute Gasteiger partial charge is 0.242 e. The molecule has 1 amide bonds. The van der Waals surface area contributed by atoms with Crippen molar-refractivity contribution < 1.29 is 13.2 Å². The van der Waals surface area contributed by atoms with Crippen LogP contribution in [0.1, 0.15) is 12.2 Å². The number of sulfonamides is 1. The third-order valence-corrected chi connectivity index (χ3v) is 8.14. The summed E-state index contributed by atoms with van der Waals surface area (Å²) in [6.07, 6.45) is 0.853. The van der Waals surface area contributed by atoms with Gasteiger partial charge in [0, 0.05) is 70.9 Å². The monoisotopic (exact) mass is 489 g/mol. The summed E-state index contributed by atoms with van der Waals surface area (Å²) in [4.78, 5) is 21.8. The van der Waals surface area contributed by atoms with E-state index in [2.05, 4.69) is 9.88 Å². The zero-order valence-corrected chi connectivity index (χ0v) is 20.6. The minimum Gasteiger partial charge on any atom is -0.368 e. The minimum atomic E-state index is -3.53. The van der Waals surface area contributed by atoms with Crippen molar-refractivity contribution in [3.63, 3.8) is 0 Å². The summed E-state index contributed by atoms with van der Waals surface area (Å²) in [5.74, 6) is 0.860. The molecule has 0 atom stereocenters. The first kappa shape index (κ1) is 23.5. The molecular weight excluding hydrogens is 462 g/mol. The number of nitrogens with zero attached hydrogens (tertiary/aromatic N) is 5. The molecule has 33 heavy (non-hydrogen) atoms. The van der Waals surface area contributed by atoms with Gasteiger partial charge in [0.15, 0.2) is 0 Å². The lowest BCUT2D eigenvalue weighted by Gasteiger charge is -2.36. The van der Waals surface area contributed by atoms with E-state index < -0.39 is 10.0 Å². The maximum Gasteiger partial charge on any atom is 0.242 e. The lowest BCUT2D eigenvalue weighted by atomic mass is 10.2. The molecule has 0 spiro atoms. The number of hydrogen-bond acceptors (Lipinski definition) is 5. The molecule has 1 fully saturated rings. The van der Waals surface area contributed by atoms with Gasteiger partial charge >= 0.3 is 0 Å². The lowest BCUT2D eigenvalue weighted by Crippen LogP contribution is -2.48. The molecule has 1 aromatic heterocycles. The zero-order valence-electron chi connectivity index (χ0n) is 19.0. The maximum atomic E-state index is 12.8. The minimum absolute atomic E-state index is 0.101. The van der Waals surface area contributed by atoms with Crippen molar-refractivity contribution in [2.45, 2.75) is 17.7 Å². The average molecular weight is 490 g/mol. The first-order valence-corrected chi connectivity index (χ1v) is 12.6. The SMILES string of the molecule is CN(C)S(=O)(=O)c1ccc2c(c1)nc(CCC(=O)N1CCN(c3cccc(Cl)c3)CC1)n2C. The molecule has 0 aliphatic carbocycles. The molecule has 1 aliphatic heterocycles. The Morgan fingerprint density at radius 3 is 2.48 bits per heavy atom. The highest BCUT2D eigenvalue weighted by molar-refractivity contribution is 7.89. The molecule has 3 aromatic rings. The Bertz CT molecular complexity index is 1280. The molecule has 8 nitrogen and oxygen atoms in total. The molecule has 0 unspecified atom stereocenters. The number of aromatic nitrogens is 2. The number of carbonyl (C=O) groups excluding carboxylic acids is 1. The Kier molecular flexibility index (Phi) is 6.65. The van der Waals surface area contributed by atoms with Crippen LogP contribution in [0.4, 0.5) is 5.69 Å². The van der Waals surface area contributed by atoms with Gasteiger partial charge < -0.3 is 14.4 Å². The molecule has 2 heterocycles. The number of imidazole rings is 1. The summed E-state index contributed by atoms with van der Waals surface area (Å²) >= 11 is 6.10. The Hall–Kier alpha value is -2.62. The lowest BCUT2D eigenvalue weighted by molar-refractivity contribution is -0.131. The Morgan fingerprint density at radius 2 is 1.82 bits per heavy atom. The van der Waals surface area contributed by atoms with E-state index >= 15 is 0 Å². The van der Waals surface area contributed by atoms with E-state index in [9.17, 15) is 13.2 Å². The van der Waals surface area contributed by atoms with Crippen LogP contribution in [0.5, 0.6) is 0 Å². The van der Waals surface area contributed by atoms with E-state index in [1.165, 1.54) is 18.4 Å². The molecule has 0 N–H and O–H groups in total. The van der Waals surface area contributed by atoms with E-state index in [0.717, 1.165) is 30.1 Å². The maximum absolute atomic E-state index is 12.8.